The standard InChI is InChI=1S/C14H20O3S/c1-2-17-14(15)11-7-4-8-12-18(16)13-9-5-3-6-10-13/h3,5-6,9-10H,2,4,7-8,11-12H2,1H3/t18-/m0/s1. The molecule has 3 nitrogen and oxygen atoms in total. The van der Waals surface area contributed by atoms with Crippen molar-refractivity contribution in [3.05, 3.63) is 30.3 Å². The van der Waals surface area contributed by atoms with Crippen molar-refractivity contribution in [2.75, 3.05) is 12.4 Å². The number of carbonyl (C=O) groups is 1. The predicted octanol–water partition coefficient (Wildman–Crippen LogP) is 2.92. The highest BCUT2D eigenvalue weighted by Gasteiger charge is 2.04. The second kappa shape index (κ2) is 8.86. The zero-order chi connectivity index (χ0) is 13.2. The smallest absolute Gasteiger partial charge is 0.305 e. The fourth-order valence-electron chi connectivity index (χ4n) is 1.60. The summed E-state index contributed by atoms with van der Waals surface area (Å²) in [5.41, 5.74) is 0. The molecule has 1 rings (SSSR count). The molecule has 1 aromatic carbocycles. The van der Waals surface area contributed by atoms with Gasteiger partial charge in [0.05, 0.1) is 17.4 Å². The van der Waals surface area contributed by atoms with Crippen LogP contribution in [-0.2, 0) is 20.3 Å². The number of rotatable bonds is 8. The Morgan fingerprint density at radius 3 is 2.56 bits per heavy atom. The molecule has 4 heteroatoms. The molecule has 0 N–H and O–H groups in total. The molecule has 0 radical (unpaired) electrons. The molecule has 0 spiro atoms. The number of hydrogen-bond acceptors (Lipinski definition) is 3. The fraction of sp³-hybridized carbons (Fsp3) is 0.500. The van der Waals surface area contributed by atoms with E-state index in [1.165, 1.54) is 0 Å². The van der Waals surface area contributed by atoms with Gasteiger partial charge in [-0.25, -0.2) is 0 Å². The normalized spacial score (nSPS) is 12.1. The monoisotopic (exact) mass is 268 g/mol. The van der Waals surface area contributed by atoms with E-state index in [4.69, 9.17) is 4.74 Å². The Bertz CT molecular complexity index is 376. The Hall–Kier alpha value is -1.16. The zero-order valence-corrected chi connectivity index (χ0v) is 11.6. The summed E-state index contributed by atoms with van der Waals surface area (Å²) in [5.74, 6) is 0.522. The molecule has 0 saturated carbocycles. The van der Waals surface area contributed by atoms with Crippen LogP contribution in [0.15, 0.2) is 35.2 Å². The van der Waals surface area contributed by atoms with Gasteiger partial charge in [-0.15, -0.1) is 0 Å². The molecular weight excluding hydrogens is 248 g/mol. The highest BCUT2D eigenvalue weighted by atomic mass is 32.2. The molecule has 0 unspecified atom stereocenters. The summed E-state index contributed by atoms with van der Waals surface area (Å²) in [5, 5.41) is 0. The molecule has 0 aliphatic carbocycles. The Morgan fingerprint density at radius 1 is 1.17 bits per heavy atom. The highest BCUT2D eigenvalue weighted by Crippen LogP contribution is 2.09. The second-order valence-electron chi connectivity index (χ2n) is 3.98. The van der Waals surface area contributed by atoms with Crippen molar-refractivity contribution < 1.29 is 13.7 Å². The summed E-state index contributed by atoms with van der Waals surface area (Å²) in [6, 6.07) is 9.48. The quantitative estimate of drug-likeness (QED) is 0.538. The molecule has 0 heterocycles. The first-order chi connectivity index (χ1) is 8.74. The van der Waals surface area contributed by atoms with Crippen molar-refractivity contribution in [2.45, 2.75) is 37.5 Å². The number of benzene rings is 1. The first-order valence-corrected chi connectivity index (χ1v) is 7.65. The van der Waals surface area contributed by atoms with Crippen LogP contribution in [0.1, 0.15) is 32.6 Å². The van der Waals surface area contributed by atoms with E-state index in [-0.39, 0.29) is 5.97 Å². The maximum atomic E-state index is 11.9. The lowest BCUT2D eigenvalue weighted by Crippen LogP contribution is -2.04. The van der Waals surface area contributed by atoms with Crippen LogP contribution in [0.4, 0.5) is 0 Å². The van der Waals surface area contributed by atoms with E-state index in [1.807, 2.05) is 30.3 Å². The van der Waals surface area contributed by atoms with Gasteiger partial charge in [-0.3, -0.25) is 9.00 Å². The SMILES string of the molecule is CCOC(=O)CCCCC[S@](=O)c1ccccc1. The van der Waals surface area contributed by atoms with Gasteiger partial charge >= 0.3 is 5.97 Å². The summed E-state index contributed by atoms with van der Waals surface area (Å²) >= 11 is 0. The van der Waals surface area contributed by atoms with Gasteiger partial charge in [0.15, 0.2) is 0 Å². The largest absolute Gasteiger partial charge is 0.466 e. The lowest BCUT2D eigenvalue weighted by molar-refractivity contribution is -0.143. The van der Waals surface area contributed by atoms with Crippen LogP contribution >= 0.6 is 0 Å². The third-order valence-corrected chi connectivity index (χ3v) is 3.98. The Kier molecular flexibility index (Phi) is 7.34. The predicted molar refractivity (Wildman–Crippen MR) is 72.8 cm³/mol. The minimum atomic E-state index is -0.917. The van der Waals surface area contributed by atoms with Crippen molar-refractivity contribution in [3.8, 4) is 0 Å². The van der Waals surface area contributed by atoms with Crippen LogP contribution in [-0.4, -0.2) is 22.5 Å². The van der Waals surface area contributed by atoms with Crippen molar-refractivity contribution >= 4 is 16.8 Å². The van der Waals surface area contributed by atoms with E-state index in [0.29, 0.717) is 18.8 Å². The molecule has 0 aromatic heterocycles. The van der Waals surface area contributed by atoms with E-state index >= 15 is 0 Å². The van der Waals surface area contributed by atoms with Crippen molar-refractivity contribution in [3.63, 3.8) is 0 Å². The molecule has 0 amide bonds. The molecule has 0 bridgehead atoms. The Labute approximate surface area is 111 Å². The topological polar surface area (TPSA) is 43.4 Å². The molecule has 0 saturated heterocycles. The molecule has 0 aliphatic rings. The van der Waals surface area contributed by atoms with Crippen LogP contribution in [0, 0.1) is 0 Å². The summed E-state index contributed by atoms with van der Waals surface area (Å²) in [4.78, 5) is 12.0. The number of ether oxygens (including phenoxy) is 1. The van der Waals surface area contributed by atoms with E-state index in [0.717, 1.165) is 24.2 Å². The zero-order valence-electron chi connectivity index (χ0n) is 10.8. The van der Waals surface area contributed by atoms with Gasteiger partial charge in [-0.2, -0.15) is 0 Å². The third-order valence-electron chi connectivity index (χ3n) is 2.52. The van der Waals surface area contributed by atoms with Gasteiger partial charge in [0, 0.05) is 17.1 Å². The average Bonchev–Trinajstić information content (AvgIpc) is 2.39. The summed E-state index contributed by atoms with van der Waals surface area (Å²) < 4.78 is 16.7. The van der Waals surface area contributed by atoms with Gasteiger partial charge in [0.1, 0.15) is 0 Å². The molecule has 0 fully saturated rings. The maximum Gasteiger partial charge on any atom is 0.305 e. The van der Waals surface area contributed by atoms with Crippen LogP contribution < -0.4 is 0 Å². The maximum absolute atomic E-state index is 11.9. The molecule has 0 aliphatic heterocycles. The molecule has 1 aromatic rings. The Balaban J connectivity index is 2.11. The number of carbonyl (C=O) groups excluding carboxylic acids is 1. The van der Waals surface area contributed by atoms with Gasteiger partial charge in [-0.05, 0) is 31.9 Å². The number of hydrogen-bond donors (Lipinski definition) is 0. The van der Waals surface area contributed by atoms with Gasteiger partial charge in [0.25, 0.3) is 0 Å². The van der Waals surface area contributed by atoms with Crippen LogP contribution in [0.25, 0.3) is 0 Å². The fourth-order valence-corrected chi connectivity index (χ4v) is 2.77. The molecular formula is C14H20O3S. The molecule has 18 heavy (non-hydrogen) atoms. The average molecular weight is 268 g/mol. The van der Waals surface area contributed by atoms with Crippen molar-refractivity contribution in [2.24, 2.45) is 0 Å². The van der Waals surface area contributed by atoms with Crippen molar-refractivity contribution in [1.82, 2.24) is 0 Å². The second-order valence-corrected chi connectivity index (χ2v) is 5.55. The lowest BCUT2D eigenvalue weighted by atomic mass is 10.2. The van der Waals surface area contributed by atoms with Crippen LogP contribution in [0.2, 0.25) is 0 Å². The van der Waals surface area contributed by atoms with Crippen molar-refractivity contribution in [1.29, 1.82) is 0 Å². The van der Waals surface area contributed by atoms with Crippen LogP contribution in [0.5, 0.6) is 0 Å². The number of esters is 1. The highest BCUT2D eigenvalue weighted by molar-refractivity contribution is 7.85. The van der Waals surface area contributed by atoms with Crippen LogP contribution in [0.3, 0.4) is 0 Å². The van der Waals surface area contributed by atoms with E-state index < -0.39 is 10.8 Å². The van der Waals surface area contributed by atoms with E-state index in [1.54, 1.807) is 6.92 Å². The Morgan fingerprint density at radius 2 is 1.89 bits per heavy atom. The minimum absolute atomic E-state index is 0.137. The summed E-state index contributed by atoms with van der Waals surface area (Å²) in [6.07, 6.45) is 3.06. The van der Waals surface area contributed by atoms with E-state index in [2.05, 4.69) is 0 Å². The first kappa shape index (κ1) is 14.9. The summed E-state index contributed by atoms with van der Waals surface area (Å²) in [6.45, 7) is 2.25. The van der Waals surface area contributed by atoms with E-state index in [9.17, 15) is 9.00 Å². The number of unbranched alkanes of at least 4 members (excludes halogenated alkanes) is 2. The van der Waals surface area contributed by atoms with Gasteiger partial charge < -0.3 is 4.74 Å². The molecule has 100 valence electrons. The first-order valence-electron chi connectivity index (χ1n) is 6.33. The molecule has 1 atom stereocenters. The minimum Gasteiger partial charge on any atom is -0.466 e. The summed E-state index contributed by atoms with van der Waals surface area (Å²) in [7, 11) is -0.917. The lowest BCUT2D eigenvalue weighted by Gasteiger charge is -2.03. The van der Waals surface area contributed by atoms with Gasteiger partial charge in [0.2, 0.25) is 0 Å². The van der Waals surface area contributed by atoms with Gasteiger partial charge in [-0.1, -0.05) is 24.6 Å². The third kappa shape index (κ3) is 5.96.